The molecule has 0 aromatic heterocycles. The van der Waals surface area contributed by atoms with E-state index in [1.807, 2.05) is 0 Å². The molecule has 2 unspecified atom stereocenters. The number of carboxylic acids is 1. The number of halogens is 1. The first-order valence-electron chi connectivity index (χ1n) is 6.49. The first-order chi connectivity index (χ1) is 9.11. The second kappa shape index (κ2) is 6.26. The fourth-order valence-corrected chi connectivity index (χ4v) is 2.88. The molecule has 2 atom stereocenters. The highest BCUT2D eigenvalue weighted by Gasteiger charge is 2.26. The summed E-state index contributed by atoms with van der Waals surface area (Å²) in [4.78, 5) is 11.2. The SMILES string of the molecule is O=C(O)c1cc(Cl)ccc1NCC1CCCC1CO. The van der Waals surface area contributed by atoms with Crippen molar-refractivity contribution in [3.63, 3.8) is 0 Å². The second-order valence-corrected chi connectivity index (χ2v) is 5.45. The van der Waals surface area contributed by atoms with Crippen LogP contribution >= 0.6 is 11.6 Å². The number of rotatable bonds is 5. The van der Waals surface area contributed by atoms with Crippen LogP contribution in [0, 0.1) is 11.8 Å². The lowest BCUT2D eigenvalue weighted by atomic mass is 9.97. The summed E-state index contributed by atoms with van der Waals surface area (Å²) in [6, 6.07) is 4.81. The van der Waals surface area contributed by atoms with Crippen molar-refractivity contribution < 1.29 is 15.0 Å². The van der Waals surface area contributed by atoms with Crippen molar-refractivity contribution in [2.75, 3.05) is 18.5 Å². The third-order valence-electron chi connectivity index (χ3n) is 3.82. The Morgan fingerprint density at radius 2 is 2.11 bits per heavy atom. The summed E-state index contributed by atoms with van der Waals surface area (Å²) >= 11 is 5.81. The van der Waals surface area contributed by atoms with E-state index in [1.54, 1.807) is 12.1 Å². The Morgan fingerprint density at radius 3 is 2.79 bits per heavy atom. The third-order valence-corrected chi connectivity index (χ3v) is 4.05. The molecule has 2 rings (SSSR count). The number of aliphatic hydroxyl groups excluding tert-OH is 1. The molecule has 1 aromatic carbocycles. The molecule has 0 spiro atoms. The summed E-state index contributed by atoms with van der Waals surface area (Å²) in [6.07, 6.45) is 3.26. The summed E-state index contributed by atoms with van der Waals surface area (Å²) < 4.78 is 0. The predicted octanol–water partition coefficient (Wildman–Crippen LogP) is 2.86. The molecule has 4 nitrogen and oxygen atoms in total. The lowest BCUT2D eigenvalue weighted by molar-refractivity contribution is 0.0698. The van der Waals surface area contributed by atoms with Gasteiger partial charge >= 0.3 is 5.97 Å². The number of aromatic carboxylic acids is 1. The zero-order valence-corrected chi connectivity index (χ0v) is 11.4. The van der Waals surface area contributed by atoms with Crippen molar-refractivity contribution in [2.24, 2.45) is 11.8 Å². The molecule has 0 saturated heterocycles. The molecule has 1 aliphatic carbocycles. The van der Waals surface area contributed by atoms with Crippen LogP contribution in [0.15, 0.2) is 18.2 Å². The van der Waals surface area contributed by atoms with Gasteiger partial charge in [0.25, 0.3) is 0 Å². The van der Waals surface area contributed by atoms with Crippen molar-refractivity contribution in [3.05, 3.63) is 28.8 Å². The van der Waals surface area contributed by atoms with Gasteiger partial charge in [0.1, 0.15) is 0 Å². The van der Waals surface area contributed by atoms with Crippen LogP contribution in [0.3, 0.4) is 0 Å². The topological polar surface area (TPSA) is 69.6 Å². The Kier molecular flexibility index (Phi) is 4.66. The van der Waals surface area contributed by atoms with Crippen molar-refractivity contribution in [3.8, 4) is 0 Å². The number of benzene rings is 1. The van der Waals surface area contributed by atoms with E-state index in [2.05, 4.69) is 5.32 Å². The Hall–Kier alpha value is -1.26. The molecule has 0 amide bonds. The van der Waals surface area contributed by atoms with E-state index < -0.39 is 5.97 Å². The molecule has 0 aliphatic heterocycles. The molecule has 0 bridgehead atoms. The number of anilines is 1. The van der Waals surface area contributed by atoms with Crippen molar-refractivity contribution >= 4 is 23.3 Å². The van der Waals surface area contributed by atoms with Gasteiger partial charge in [-0.15, -0.1) is 0 Å². The van der Waals surface area contributed by atoms with Gasteiger partial charge in [-0.25, -0.2) is 4.79 Å². The molecule has 0 heterocycles. The van der Waals surface area contributed by atoms with Crippen molar-refractivity contribution in [1.29, 1.82) is 0 Å². The van der Waals surface area contributed by atoms with Gasteiger partial charge in [-0.3, -0.25) is 0 Å². The Balaban J connectivity index is 2.05. The number of hydrogen-bond acceptors (Lipinski definition) is 3. The lowest BCUT2D eigenvalue weighted by Crippen LogP contribution is -2.21. The summed E-state index contributed by atoms with van der Waals surface area (Å²) in [5.41, 5.74) is 0.770. The van der Waals surface area contributed by atoms with E-state index in [4.69, 9.17) is 16.7 Å². The van der Waals surface area contributed by atoms with E-state index in [1.165, 1.54) is 6.07 Å². The maximum atomic E-state index is 11.2. The number of nitrogens with one attached hydrogen (secondary N) is 1. The molecular formula is C14H18ClNO3. The number of carboxylic acid groups (broad SMARTS) is 1. The highest BCUT2D eigenvalue weighted by Crippen LogP contribution is 2.32. The molecule has 0 radical (unpaired) electrons. The van der Waals surface area contributed by atoms with Crippen molar-refractivity contribution in [1.82, 2.24) is 0 Å². The maximum absolute atomic E-state index is 11.2. The smallest absolute Gasteiger partial charge is 0.337 e. The summed E-state index contributed by atoms with van der Waals surface area (Å²) in [5.74, 6) is -0.259. The van der Waals surface area contributed by atoms with E-state index in [-0.39, 0.29) is 12.2 Å². The number of carbonyl (C=O) groups is 1. The summed E-state index contributed by atoms with van der Waals surface area (Å²) in [5, 5.41) is 22.0. The van der Waals surface area contributed by atoms with Gasteiger partial charge < -0.3 is 15.5 Å². The number of hydrogen-bond donors (Lipinski definition) is 3. The first kappa shape index (κ1) is 14.2. The molecule has 1 saturated carbocycles. The average molecular weight is 284 g/mol. The molecule has 19 heavy (non-hydrogen) atoms. The van der Waals surface area contributed by atoms with Crippen LogP contribution in [0.25, 0.3) is 0 Å². The van der Waals surface area contributed by atoms with Crippen molar-refractivity contribution in [2.45, 2.75) is 19.3 Å². The van der Waals surface area contributed by atoms with Crippen LogP contribution in [-0.2, 0) is 0 Å². The van der Waals surface area contributed by atoms with Crippen LogP contribution in [0.5, 0.6) is 0 Å². The van der Waals surface area contributed by atoms with Gasteiger partial charge in [-0.1, -0.05) is 18.0 Å². The minimum atomic E-state index is -0.991. The zero-order valence-electron chi connectivity index (χ0n) is 10.6. The highest BCUT2D eigenvalue weighted by molar-refractivity contribution is 6.31. The first-order valence-corrected chi connectivity index (χ1v) is 6.87. The van der Waals surface area contributed by atoms with Crippen LogP contribution in [-0.4, -0.2) is 29.3 Å². The summed E-state index contributed by atoms with van der Waals surface area (Å²) in [7, 11) is 0. The zero-order chi connectivity index (χ0) is 13.8. The second-order valence-electron chi connectivity index (χ2n) is 5.01. The molecule has 1 aliphatic rings. The fraction of sp³-hybridized carbons (Fsp3) is 0.500. The number of aliphatic hydroxyl groups is 1. The van der Waals surface area contributed by atoms with Gasteiger partial charge in [0.05, 0.1) is 5.56 Å². The summed E-state index contributed by atoms with van der Waals surface area (Å²) in [6.45, 7) is 0.895. The molecule has 1 aromatic rings. The van der Waals surface area contributed by atoms with Gasteiger partial charge in [0.2, 0.25) is 0 Å². The van der Waals surface area contributed by atoms with E-state index in [0.717, 1.165) is 19.3 Å². The van der Waals surface area contributed by atoms with Gasteiger partial charge in [-0.05, 0) is 42.9 Å². The molecule has 104 valence electrons. The predicted molar refractivity (Wildman–Crippen MR) is 74.8 cm³/mol. The van der Waals surface area contributed by atoms with Gasteiger partial charge in [0, 0.05) is 23.9 Å². The average Bonchev–Trinajstić information content (AvgIpc) is 2.84. The largest absolute Gasteiger partial charge is 0.478 e. The third kappa shape index (κ3) is 3.39. The van der Waals surface area contributed by atoms with Crippen LogP contribution in [0.2, 0.25) is 5.02 Å². The molecule has 3 N–H and O–H groups in total. The molecule has 1 fully saturated rings. The van der Waals surface area contributed by atoms with E-state index in [0.29, 0.717) is 29.1 Å². The highest BCUT2D eigenvalue weighted by atomic mass is 35.5. The molecule has 5 heteroatoms. The van der Waals surface area contributed by atoms with Gasteiger partial charge in [-0.2, -0.15) is 0 Å². The van der Waals surface area contributed by atoms with Crippen LogP contribution in [0.1, 0.15) is 29.6 Å². The maximum Gasteiger partial charge on any atom is 0.337 e. The lowest BCUT2D eigenvalue weighted by Gasteiger charge is -2.19. The Bertz CT molecular complexity index is 464. The van der Waals surface area contributed by atoms with E-state index in [9.17, 15) is 9.90 Å². The van der Waals surface area contributed by atoms with Crippen LogP contribution in [0.4, 0.5) is 5.69 Å². The van der Waals surface area contributed by atoms with Gasteiger partial charge in [0.15, 0.2) is 0 Å². The minimum Gasteiger partial charge on any atom is -0.478 e. The minimum absolute atomic E-state index is 0.186. The monoisotopic (exact) mass is 283 g/mol. The Morgan fingerprint density at radius 1 is 1.37 bits per heavy atom. The molecular weight excluding hydrogens is 266 g/mol. The van der Waals surface area contributed by atoms with Crippen LogP contribution < -0.4 is 5.32 Å². The Labute approximate surface area is 117 Å². The standard InChI is InChI=1S/C14H18ClNO3/c15-11-4-5-13(12(6-11)14(18)19)16-7-9-2-1-3-10(9)8-17/h4-6,9-10,16-17H,1-3,7-8H2,(H,18,19). The fourth-order valence-electron chi connectivity index (χ4n) is 2.71. The normalized spacial score (nSPS) is 22.4. The van der Waals surface area contributed by atoms with E-state index >= 15 is 0 Å². The quantitative estimate of drug-likeness (QED) is 0.777.